The van der Waals surface area contributed by atoms with E-state index in [9.17, 15) is 0 Å². The van der Waals surface area contributed by atoms with Crippen LogP contribution in [0.15, 0.2) is 280 Å². The molecular weight excluding hydrogens is 1080 g/mol. The lowest BCUT2D eigenvalue weighted by atomic mass is 9.67. The van der Waals surface area contributed by atoms with Crippen molar-refractivity contribution in [1.82, 2.24) is 9.97 Å². The molecule has 90 heavy (non-hydrogen) atoms. The van der Waals surface area contributed by atoms with E-state index in [0.29, 0.717) is 0 Å². The summed E-state index contributed by atoms with van der Waals surface area (Å²) in [5, 5.41) is 22.2. The van der Waals surface area contributed by atoms with Gasteiger partial charge in [-0.1, -0.05) is 258 Å². The number of benzene rings is 15. The highest BCUT2D eigenvalue weighted by Crippen LogP contribution is 2.56. The molecule has 17 aromatic rings. The number of aromatic nitrogens is 2. The van der Waals surface area contributed by atoms with E-state index < -0.39 is 0 Å². The average molecular weight is 1140 g/mol. The smallest absolute Gasteiger partial charge is 0.0353 e. The Labute approximate surface area is 522 Å². The van der Waals surface area contributed by atoms with E-state index in [1.165, 1.54) is 186 Å². The molecule has 0 fully saturated rings. The third-order valence-electron chi connectivity index (χ3n) is 20.9. The molecule has 0 saturated heterocycles. The SMILES string of the molecule is CC1(C)c2cc(-c3c4ccccc4c(-c4cccc5ccccc45)c4cc(-c5ccc6c(-c7cc8c(c9ccccc79)-c7cncc9cccc(c79)C8(C)C)c7ccccc7c(-c7cccc8ccccc78)c6c5)ccc34)ccc2-c2cncc3cccc1c23. The van der Waals surface area contributed by atoms with Crippen molar-refractivity contribution in [2.75, 3.05) is 0 Å². The van der Waals surface area contributed by atoms with Crippen molar-refractivity contribution in [1.29, 1.82) is 0 Å². The first-order valence-electron chi connectivity index (χ1n) is 31.6. The van der Waals surface area contributed by atoms with Gasteiger partial charge in [-0.15, -0.1) is 0 Å². The minimum atomic E-state index is -0.300. The maximum atomic E-state index is 4.88. The van der Waals surface area contributed by atoms with Crippen LogP contribution in [0.3, 0.4) is 0 Å². The Kier molecular flexibility index (Phi) is 10.6. The van der Waals surface area contributed by atoms with E-state index in [1.807, 2.05) is 12.4 Å². The van der Waals surface area contributed by atoms with Crippen molar-refractivity contribution < 1.29 is 0 Å². The highest BCUT2D eigenvalue weighted by Gasteiger charge is 2.37. The summed E-state index contributed by atoms with van der Waals surface area (Å²) in [7, 11) is 0. The van der Waals surface area contributed by atoms with Gasteiger partial charge in [-0.3, -0.25) is 9.97 Å². The first kappa shape index (κ1) is 51.0. The van der Waals surface area contributed by atoms with Crippen LogP contribution in [0.5, 0.6) is 0 Å². The van der Waals surface area contributed by atoms with E-state index >= 15 is 0 Å². The molecule has 15 aromatic carbocycles. The molecule has 0 radical (unpaired) electrons. The second-order valence-electron chi connectivity index (χ2n) is 26.2. The van der Waals surface area contributed by atoms with E-state index in [1.54, 1.807) is 0 Å². The van der Waals surface area contributed by atoms with Crippen molar-refractivity contribution in [3.63, 3.8) is 0 Å². The topological polar surface area (TPSA) is 25.8 Å². The Morgan fingerprint density at radius 1 is 0.211 bits per heavy atom. The molecule has 2 heterocycles. The van der Waals surface area contributed by atoms with Gasteiger partial charge in [-0.05, 0) is 199 Å². The van der Waals surface area contributed by atoms with Crippen LogP contribution in [0.4, 0.5) is 0 Å². The van der Waals surface area contributed by atoms with Crippen LogP contribution < -0.4 is 0 Å². The minimum Gasteiger partial charge on any atom is -0.263 e. The molecule has 0 bridgehead atoms. The normalized spacial score (nSPS) is 13.7. The molecular formula is C88H58N2. The molecule has 0 saturated carbocycles. The van der Waals surface area contributed by atoms with Gasteiger partial charge in [-0.2, -0.15) is 0 Å². The molecule has 420 valence electrons. The Morgan fingerprint density at radius 3 is 1.18 bits per heavy atom. The zero-order valence-electron chi connectivity index (χ0n) is 50.5. The van der Waals surface area contributed by atoms with Crippen molar-refractivity contribution in [3.05, 3.63) is 302 Å². The van der Waals surface area contributed by atoms with Crippen molar-refractivity contribution >= 4 is 97.0 Å². The van der Waals surface area contributed by atoms with Crippen LogP contribution in [0.25, 0.3) is 175 Å². The minimum absolute atomic E-state index is 0.254. The first-order chi connectivity index (χ1) is 44.2. The van der Waals surface area contributed by atoms with Crippen molar-refractivity contribution in [3.8, 4) is 77.9 Å². The fraction of sp³-hybridized carbons (Fsp3) is 0.0682. The maximum absolute atomic E-state index is 4.88. The predicted octanol–water partition coefficient (Wildman–Crippen LogP) is 23.8. The van der Waals surface area contributed by atoms with Crippen LogP contribution in [-0.2, 0) is 10.8 Å². The van der Waals surface area contributed by atoms with Gasteiger partial charge in [0.2, 0.25) is 0 Å². The monoisotopic (exact) mass is 1140 g/mol. The Morgan fingerprint density at radius 2 is 0.611 bits per heavy atom. The van der Waals surface area contributed by atoms with Gasteiger partial charge >= 0.3 is 0 Å². The van der Waals surface area contributed by atoms with E-state index in [2.05, 4.69) is 295 Å². The second kappa shape index (κ2) is 18.7. The zero-order valence-corrected chi connectivity index (χ0v) is 50.5. The van der Waals surface area contributed by atoms with Crippen LogP contribution >= 0.6 is 0 Å². The molecule has 0 unspecified atom stereocenters. The van der Waals surface area contributed by atoms with E-state index in [-0.39, 0.29) is 10.8 Å². The molecule has 2 aromatic heterocycles. The lowest BCUT2D eigenvalue weighted by Crippen LogP contribution is -2.24. The third kappa shape index (κ3) is 7.05. The summed E-state index contributed by atoms with van der Waals surface area (Å²) >= 11 is 0. The number of rotatable bonds is 5. The summed E-state index contributed by atoms with van der Waals surface area (Å²) in [6.45, 7) is 9.63. The average Bonchev–Trinajstić information content (AvgIpc) is 0.729. The van der Waals surface area contributed by atoms with Crippen molar-refractivity contribution in [2.45, 2.75) is 38.5 Å². The predicted molar refractivity (Wildman–Crippen MR) is 382 cm³/mol. The summed E-state index contributed by atoms with van der Waals surface area (Å²) in [6, 6.07) is 96.9. The number of hydrogen-bond acceptors (Lipinski definition) is 2. The number of hydrogen-bond donors (Lipinski definition) is 0. The molecule has 0 aliphatic heterocycles. The van der Waals surface area contributed by atoms with E-state index in [4.69, 9.17) is 9.97 Å². The zero-order chi connectivity index (χ0) is 59.7. The van der Waals surface area contributed by atoms with Gasteiger partial charge in [0.1, 0.15) is 0 Å². The Bertz CT molecular complexity index is 6020. The van der Waals surface area contributed by atoms with Crippen LogP contribution in [0.1, 0.15) is 49.9 Å². The molecule has 0 amide bonds. The van der Waals surface area contributed by atoms with Gasteiger partial charge in [0.05, 0.1) is 0 Å². The van der Waals surface area contributed by atoms with Crippen LogP contribution in [0.2, 0.25) is 0 Å². The summed E-state index contributed by atoms with van der Waals surface area (Å²) in [4.78, 5) is 9.66. The number of pyridine rings is 2. The van der Waals surface area contributed by atoms with Crippen LogP contribution in [0, 0.1) is 0 Å². The third-order valence-corrected chi connectivity index (χ3v) is 20.9. The number of nitrogens with zero attached hydrogens (tertiary/aromatic N) is 2. The summed E-state index contributed by atoms with van der Waals surface area (Å²) in [5.41, 5.74) is 21.9. The van der Waals surface area contributed by atoms with Crippen LogP contribution in [-0.4, -0.2) is 9.97 Å². The second-order valence-corrected chi connectivity index (χ2v) is 26.2. The highest BCUT2D eigenvalue weighted by atomic mass is 14.6. The van der Waals surface area contributed by atoms with E-state index in [0.717, 1.165) is 11.1 Å². The van der Waals surface area contributed by atoms with Gasteiger partial charge in [0.25, 0.3) is 0 Å². The first-order valence-corrected chi connectivity index (χ1v) is 31.6. The van der Waals surface area contributed by atoms with Gasteiger partial charge in [0.15, 0.2) is 0 Å². The summed E-state index contributed by atoms with van der Waals surface area (Å²) in [6.07, 6.45) is 8.21. The molecule has 2 nitrogen and oxygen atoms in total. The molecule has 19 rings (SSSR count). The fourth-order valence-electron chi connectivity index (χ4n) is 16.8. The molecule has 2 heteroatoms. The summed E-state index contributed by atoms with van der Waals surface area (Å²) < 4.78 is 0. The molecule has 0 atom stereocenters. The standard InChI is InChI=1S/C88H58N2/c1-87(2)76-35-17-23-56-47-89-49-74(81(56)76)61-40-39-55(45-78(61)87)80-65-29-11-12-30-66(65)83(62-33-15-21-51-19-5-7-25-58(51)62)71-43-53(37-41-69(71)80)54-38-42-70-72(44-54)84(63-34-16-22-52-20-6-8-26-59(52)63)67-31-13-14-32-68(67)85(70)73-46-79-86(64-28-10-9-27-60(64)73)75-50-90-48-57-24-18-36-77(82(57)75)88(79,3)4/h5-50H,1-4H3. The van der Waals surface area contributed by atoms with Gasteiger partial charge < -0.3 is 0 Å². The summed E-state index contributed by atoms with van der Waals surface area (Å²) in [5.74, 6) is 0. The Balaban J connectivity index is 0.902. The maximum Gasteiger partial charge on any atom is 0.0353 e. The lowest BCUT2D eigenvalue weighted by Gasteiger charge is -2.36. The van der Waals surface area contributed by atoms with Crippen molar-refractivity contribution in [2.24, 2.45) is 0 Å². The Hall–Kier alpha value is -11.1. The fourth-order valence-corrected chi connectivity index (χ4v) is 16.8. The highest BCUT2D eigenvalue weighted by molar-refractivity contribution is 6.28. The lowest BCUT2D eigenvalue weighted by molar-refractivity contribution is 0.645. The largest absolute Gasteiger partial charge is 0.263 e. The molecule has 0 spiro atoms. The van der Waals surface area contributed by atoms with Gasteiger partial charge in [-0.25, -0.2) is 0 Å². The quantitative estimate of drug-likeness (QED) is 0.161. The van der Waals surface area contributed by atoms with Gasteiger partial charge in [0, 0.05) is 57.5 Å². The molecule has 2 aliphatic rings. The molecule has 2 aliphatic carbocycles. The number of fused-ring (bicyclic) bond motifs is 12. The molecule has 0 N–H and O–H groups in total.